The second-order valence-electron chi connectivity index (χ2n) is 13.1. The van der Waals surface area contributed by atoms with Crippen LogP contribution in [0.3, 0.4) is 0 Å². The maximum absolute atomic E-state index is 13.9. The van der Waals surface area contributed by atoms with E-state index in [1.54, 1.807) is 11.1 Å². The number of nitrogens with zero attached hydrogens (tertiary/aromatic N) is 1. The third-order valence-corrected chi connectivity index (χ3v) is 11.3. The summed E-state index contributed by atoms with van der Waals surface area (Å²) in [6, 6.07) is 4.61. The summed E-state index contributed by atoms with van der Waals surface area (Å²) in [4.78, 5) is 13.7. The van der Waals surface area contributed by atoms with Crippen LogP contribution in [0.1, 0.15) is 71.6 Å². The van der Waals surface area contributed by atoms with E-state index in [2.05, 4.69) is 17.9 Å². The minimum absolute atomic E-state index is 0.0252. The van der Waals surface area contributed by atoms with Crippen molar-refractivity contribution in [1.82, 2.24) is 5.53 Å². The molecule has 0 aromatic heterocycles. The average Bonchev–Trinajstić information content (AvgIpc) is 3.39. The highest BCUT2D eigenvalue weighted by molar-refractivity contribution is 5.88. The molecule has 0 bridgehead atoms. The summed E-state index contributed by atoms with van der Waals surface area (Å²) in [7, 11) is 1.84. The van der Waals surface area contributed by atoms with Gasteiger partial charge in [0.05, 0.1) is 30.1 Å². The van der Waals surface area contributed by atoms with Crippen LogP contribution in [-0.4, -0.2) is 36.8 Å². The molecule has 0 radical (unpaired) electrons. The van der Waals surface area contributed by atoms with Crippen LogP contribution in [-0.2, 0) is 9.53 Å². The molecule has 36 heavy (non-hydrogen) atoms. The van der Waals surface area contributed by atoms with Gasteiger partial charge in [-0.25, -0.2) is 4.39 Å². The molecule has 0 saturated heterocycles. The van der Waals surface area contributed by atoms with E-state index < -0.39 is 5.60 Å². The summed E-state index contributed by atoms with van der Waals surface area (Å²) in [6.07, 6.45) is 9.49. The Kier molecular flexibility index (Phi) is 5.93. The highest BCUT2D eigenvalue weighted by Gasteiger charge is 2.63. The van der Waals surface area contributed by atoms with E-state index in [0.29, 0.717) is 29.4 Å². The molecule has 8 atom stereocenters. The first kappa shape index (κ1) is 24.6. The molecule has 3 N–H and O–H groups in total. The molecule has 6 nitrogen and oxygen atoms in total. The molecule has 5 aliphatic rings. The van der Waals surface area contributed by atoms with Crippen molar-refractivity contribution in [2.24, 2.45) is 40.4 Å². The average molecular weight is 500 g/mol. The van der Waals surface area contributed by atoms with E-state index >= 15 is 0 Å². The molecule has 1 heterocycles. The lowest BCUT2D eigenvalue weighted by Crippen LogP contribution is -2.58. The molecular formula is C29H42FN3O3. The van der Waals surface area contributed by atoms with E-state index in [4.69, 9.17) is 4.74 Å². The Balaban J connectivity index is 1.21. The number of fused-ring (bicyclic) bond motifs is 6. The lowest BCUT2D eigenvalue weighted by atomic mass is 9.43. The Bertz CT molecular complexity index is 1030. The zero-order valence-electron chi connectivity index (χ0n) is 22.0. The highest BCUT2D eigenvalue weighted by Crippen LogP contribution is 2.68. The summed E-state index contributed by atoms with van der Waals surface area (Å²) in [5.41, 5.74) is 7.24. The van der Waals surface area contributed by atoms with E-state index in [0.717, 1.165) is 63.7 Å². The number of nitrogens with one attached hydrogen (secondary N) is 2. The molecule has 198 valence electrons. The van der Waals surface area contributed by atoms with Gasteiger partial charge in [0.25, 0.3) is 0 Å². The van der Waals surface area contributed by atoms with Crippen molar-refractivity contribution >= 4 is 17.2 Å². The van der Waals surface area contributed by atoms with Crippen LogP contribution >= 0.6 is 0 Å². The maximum atomic E-state index is 13.9. The number of carbonyl (C=O) groups excluding carboxylic acids is 1. The predicted octanol–water partition coefficient (Wildman–Crippen LogP) is 5.08. The first-order valence-corrected chi connectivity index (χ1v) is 14.0. The first-order valence-electron chi connectivity index (χ1n) is 14.0. The van der Waals surface area contributed by atoms with Gasteiger partial charge in [-0.2, -0.15) is 0 Å². The third-order valence-electron chi connectivity index (χ3n) is 11.3. The summed E-state index contributed by atoms with van der Waals surface area (Å²) in [6.45, 7) is 5.44. The highest BCUT2D eigenvalue weighted by atomic mass is 19.1. The number of Topliss-reactive ketones (excluding diaryl/α,β-unsaturated/α-hetero) is 1. The van der Waals surface area contributed by atoms with Crippen molar-refractivity contribution in [2.75, 3.05) is 30.7 Å². The van der Waals surface area contributed by atoms with Gasteiger partial charge in [-0.1, -0.05) is 6.92 Å². The van der Waals surface area contributed by atoms with Gasteiger partial charge in [-0.05, 0) is 111 Å². The van der Waals surface area contributed by atoms with E-state index in [-0.39, 0.29) is 34.9 Å². The van der Waals surface area contributed by atoms with Crippen LogP contribution in [0.15, 0.2) is 18.2 Å². The van der Waals surface area contributed by atoms with Crippen molar-refractivity contribution in [1.29, 1.82) is 0 Å². The van der Waals surface area contributed by atoms with Crippen LogP contribution in [0.2, 0.25) is 0 Å². The lowest BCUT2D eigenvalue weighted by molar-refractivity contribution is -0.175. The molecule has 1 aromatic carbocycles. The minimum Gasteiger partial charge on any atom is -0.390 e. The van der Waals surface area contributed by atoms with Crippen molar-refractivity contribution in [3.05, 3.63) is 24.0 Å². The summed E-state index contributed by atoms with van der Waals surface area (Å²) in [5, 5.41) is 12.6. The number of halogens is 1. The fourth-order valence-corrected chi connectivity index (χ4v) is 9.72. The Morgan fingerprint density at radius 1 is 1.14 bits per heavy atom. The Hall–Kier alpha value is -1.70. The van der Waals surface area contributed by atoms with Crippen LogP contribution in [0.25, 0.3) is 0 Å². The number of hydrazine groups is 2. The van der Waals surface area contributed by atoms with Crippen LogP contribution in [0, 0.1) is 46.2 Å². The van der Waals surface area contributed by atoms with Gasteiger partial charge < -0.3 is 15.3 Å². The Morgan fingerprint density at radius 3 is 2.78 bits per heavy atom. The van der Waals surface area contributed by atoms with E-state index in [9.17, 15) is 14.3 Å². The van der Waals surface area contributed by atoms with Crippen molar-refractivity contribution in [3.63, 3.8) is 0 Å². The Morgan fingerprint density at radius 2 is 1.97 bits per heavy atom. The molecule has 6 rings (SSSR count). The normalized spacial score (nSPS) is 43.2. The SMILES string of the molecule is COC[C@]12CC[C@@](C)(O)C[C@H]1CC[C@H]1[C@@H]3CC[C@H](C(=O)CN4NNc5ccc(F)cc54)[C@@]3(C)CC[C@@H]12. The monoisotopic (exact) mass is 499 g/mol. The number of rotatable bonds is 5. The van der Waals surface area contributed by atoms with Crippen LogP contribution in [0.5, 0.6) is 0 Å². The number of aliphatic hydroxyl groups is 1. The third kappa shape index (κ3) is 3.71. The summed E-state index contributed by atoms with van der Waals surface area (Å²) >= 11 is 0. The van der Waals surface area contributed by atoms with Crippen molar-refractivity contribution in [2.45, 2.75) is 77.2 Å². The molecule has 4 aliphatic carbocycles. The number of methoxy groups -OCH3 is 1. The fourth-order valence-electron chi connectivity index (χ4n) is 9.72. The number of benzene rings is 1. The predicted molar refractivity (Wildman–Crippen MR) is 138 cm³/mol. The fraction of sp³-hybridized carbons (Fsp3) is 0.759. The van der Waals surface area contributed by atoms with Crippen molar-refractivity contribution in [3.8, 4) is 0 Å². The van der Waals surface area contributed by atoms with Crippen LogP contribution < -0.4 is 16.0 Å². The van der Waals surface area contributed by atoms with Gasteiger partial charge in [0.15, 0.2) is 5.78 Å². The van der Waals surface area contributed by atoms with Gasteiger partial charge in [-0.15, -0.1) is 5.53 Å². The molecule has 4 fully saturated rings. The molecule has 0 unspecified atom stereocenters. The number of hydrogen-bond donors (Lipinski definition) is 3. The number of ketones is 1. The first-order chi connectivity index (χ1) is 17.2. The Labute approximate surface area is 214 Å². The topological polar surface area (TPSA) is 73.8 Å². The second kappa shape index (κ2) is 8.67. The molecule has 0 spiro atoms. The van der Waals surface area contributed by atoms with Gasteiger partial charge >= 0.3 is 0 Å². The standard InChI is InChI=1S/C29H42FN3O3/c1-27(35)12-13-29(17-36-3)18(15-27)4-6-20-21-7-8-23(28(21,2)11-10-22(20)29)26(34)16-33-25-14-19(30)5-9-24(25)31-32-33/h5,9,14,18,20-23,31-32,35H,4,6-8,10-13,15-17H2,1-3H3/t18-,20+,21+,22+,23-,27-,28+,29-/m1/s1. The van der Waals surface area contributed by atoms with E-state index in [1.165, 1.54) is 18.6 Å². The number of carbonyl (C=O) groups is 1. The molecule has 4 saturated carbocycles. The molecular weight excluding hydrogens is 457 g/mol. The van der Waals surface area contributed by atoms with Gasteiger partial charge in [0, 0.05) is 19.1 Å². The molecule has 7 heteroatoms. The van der Waals surface area contributed by atoms with Crippen LogP contribution in [0.4, 0.5) is 15.8 Å². The smallest absolute Gasteiger partial charge is 0.157 e. The maximum Gasteiger partial charge on any atom is 0.157 e. The largest absolute Gasteiger partial charge is 0.390 e. The molecule has 1 aliphatic heterocycles. The summed E-state index contributed by atoms with van der Waals surface area (Å²) in [5.74, 6) is 2.37. The summed E-state index contributed by atoms with van der Waals surface area (Å²) < 4.78 is 19.8. The second-order valence-corrected chi connectivity index (χ2v) is 13.1. The quantitative estimate of drug-likeness (QED) is 0.525. The number of ether oxygens (including phenoxy) is 1. The zero-order chi connectivity index (χ0) is 25.3. The number of anilines is 2. The van der Waals surface area contributed by atoms with Gasteiger partial charge in [0.2, 0.25) is 0 Å². The van der Waals surface area contributed by atoms with Crippen molar-refractivity contribution < 1.29 is 19.0 Å². The molecule has 0 amide bonds. The van der Waals surface area contributed by atoms with E-state index in [1.807, 2.05) is 14.0 Å². The zero-order valence-corrected chi connectivity index (χ0v) is 22.0. The lowest BCUT2D eigenvalue weighted by Gasteiger charge is -2.62. The molecule has 1 aromatic rings. The minimum atomic E-state index is -0.553. The van der Waals surface area contributed by atoms with Gasteiger partial charge in [0.1, 0.15) is 5.82 Å². The number of hydrogen-bond acceptors (Lipinski definition) is 6. The van der Waals surface area contributed by atoms with Gasteiger partial charge in [-0.3, -0.25) is 9.80 Å².